The largest absolute Gasteiger partial charge is 0.488 e. The van der Waals surface area contributed by atoms with Crippen LogP contribution in [0.3, 0.4) is 0 Å². The molecule has 4 rings (SSSR count). The predicted octanol–water partition coefficient (Wildman–Crippen LogP) is 5.91. The van der Waals surface area contributed by atoms with Crippen molar-refractivity contribution in [3.8, 4) is 34.5 Å². The molecule has 0 aliphatic rings. The van der Waals surface area contributed by atoms with Crippen LogP contribution in [-0.4, -0.2) is 9.97 Å². The van der Waals surface area contributed by atoms with Gasteiger partial charge < -0.3 is 4.74 Å². The van der Waals surface area contributed by atoms with Gasteiger partial charge in [0, 0.05) is 11.6 Å². The average Bonchev–Trinajstić information content (AvgIpc) is 2.78. The molecular weight excluding hydrogens is 382 g/mol. The van der Waals surface area contributed by atoms with Crippen molar-refractivity contribution in [2.24, 2.45) is 0 Å². The van der Waals surface area contributed by atoms with Crippen LogP contribution in [0.15, 0.2) is 84.9 Å². The molecule has 1 heterocycles. The standard InChI is InChI=1S/C24H16ClN3O/c25-23-14-21(19-9-5-2-6-10-19)27-24(28-23)20-13-18(15-26)11-12-22(20)29-16-17-7-3-1-4-8-17/h1-14H,16H2. The summed E-state index contributed by atoms with van der Waals surface area (Å²) in [5.41, 5.74) is 3.80. The highest BCUT2D eigenvalue weighted by molar-refractivity contribution is 6.29. The number of benzene rings is 3. The van der Waals surface area contributed by atoms with E-state index in [-0.39, 0.29) is 0 Å². The zero-order chi connectivity index (χ0) is 20.1. The van der Waals surface area contributed by atoms with Gasteiger partial charge in [-0.25, -0.2) is 9.97 Å². The molecular formula is C24H16ClN3O. The molecule has 0 aliphatic heterocycles. The van der Waals surface area contributed by atoms with Crippen molar-refractivity contribution < 1.29 is 4.74 Å². The molecule has 3 aromatic carbocycles. The summed E-state index contributed by atoms with van der Waals surface area (Å²) in [4.78, 5) is 9.07. The normalized spacial score (nSPS) is 10.3. The highest BCUT2D eigenvalue weighted by Crippen LogP contribution is 2.32. The number of aromatic nitrogens is 2. The minimum Gasteiger partial charge on any atom is -0.488 e. The molecule has 0 amide bonds. The molecule has 5 heteroatoms. The van der Waals surface area contributed by atoms with E-state index in [2.05, 4.69) is 16.0 Å². The van der Waals surface area contributed by atoms with Crippen LogP contribution < -0.4 is 4.74 Å². The minimum absolute atomic E-state index is 0.324. The number of rotatable bonds is 5. The van der Waals surface area contributed by atoms with Crippen molar-refractivity contribution >= 4 is 11.6 Å². The summed E-state index contributed by atoms with van der Waals surface area (Å²) in [7, 11) is 0. The van der Waals surface area contributed by atoms with Gasteiger partial charge >= 0.3 is 0 Å². The molecule has 0 radical (unpaired) electrons. The maximum atomic E-state index is 9.34. The second-order valence-electron chi connectivity index (χ2n) is 6.36. The molecule has 140 valence electrons. The maximum Gasteiger partial charge on any atom is 0.165 e. The first-order valence-electron chi connectivity index (χ1n) is 9.04. The van der Waals surface area contributed by atoms with Gasteiger partial charge in [0.25, 0.3) is 0 Å². The summed E-state index contributed by atoms with van der Waals surface area (Å²) in [6, 6.07) is 28.7. The minimum atomic E-state index is 0.324. The van der Waals surface area contributed by atoms with E-state index in [1.54, 1.807) is 24.3 Å². The van der Waals surface area contributed by atoms with Crippen LogP contribution in [0.4, 0.5) is 0 Å². The molecule has 1 aromatic heterocycles. The van der Waals surface area contributed by atoms with Crippen molar-refractivity contribution in [1.82, 2.24) is 9.97 Å². The SMILES string of the molecule is N#Cc1ccc(OCc2ccccc2)c(-c2nc(Cl)cc(-c3ccccc3)n2)c1. The zero-order valence-corrected chi connectivity index (χ0v) is 16.2. The van der Waals surface area contributed by atoms with Crippen molar-refractivity contribution in [3.05, 3.63) is 101 Å². The highest BCUT2D eigenvalue weighted by Gasteiger charge is 2.14. The van der Waals surface area contributed by atoms with Crippen molar-refractivity contribution in [3.63, 3.8) is 0 Å². The van der Waals surface area contributed by atoms with Gasteiger partial charge in [0.15, 0.2) is 5.82 Å². The van der Waals surface area contributed by atoms with E-state index in [0.29, 0.717) is 40.2 Å². The second-order valence-corrected chi connectivity index (χ2v) is 6.75. The number of nitrogens with zero attached hydrogens (tertiary/aromatic N) is 3. The second kappa shape index (κ2) is 8.55. The summed E-state index contributed by atoms with van der Waals surface area (Å²) in [5.74, 6) is 1.01. The van der Waals surface area contributed by atoms with Gasteiger partial charge in [0.2, 0.25) is 0 Å². The Morgan fingerprint density at radius 3 is 2.31 bits per heavy atom. The van der Waals surface area contributed by atoms with Crippen molar-refractivity contribution in [2.75, 3.05) is 0 Å². The molecule has 4 nitrogen and oxygen atoms in total. The monoisotopic (exact) mass is 397 g/mol. The summed E-state index contributed by atoms with van der Waals surface area (Å²) >= 11 is 6.29. The first kappa shape index (κ1) is 18.7. The quantitative estimate of drug-likeness (QED) is 0.392. The molecule has 0 saturated heterocycles. The number of halogens is 1. The molecule has 29 heavy (non-hydrogen) atoms. The van der Waals surface area contributed by atoms with Crippen LogP contribution in [0.2, 0.25) is 5.15 Å². The third-order valence-corrected chi connectivity index (χ3v) is 4.54. The van der Waals surface area contributed by atoms with E-state index in [1.807, 2.05) is 60.7 Å². The molecule has 0 atom stereocenters. The Kier molecular flexibility index (Phi) is 5.51. The van der Waals surface area contributed by atoms with E-state index >= 15 is 0 Å². The van der Waals surface area contributed by atoms with E-state index in [9.17, 15) is 5.26 Å². The Morgan fingerprint density at radius 2 is 1.59 bits per heavy atom. The summed E-state index contributed by atoms with van der Waals surface area (Å²) in [5, 5.41) is 9.66. The Morgan fingerprint density at radius 1 is 0.862 bits per heavy atom. The third kappa shape index (κ3) is 4.43. The molecule has 0 bridgehead atoms. The summed E-state index contributed by atoms with van der Waals surface area (Å²) in [6.07, 6.45) is 0. The molecule has 0 fully saturated rings. The van der Waals surface area contributed by atoms with Crippen molar-refractivity contribution in [2.45, 2.75) is 6.61 Å². The van der Waals surface area contributed by atoms with Gasteiger partial charge in [-0.2, -0.15) is 5.26 Å². The van der Waals surface area contributed by atoms with Crippen LogP contribution in [0, 0.1) is 11.3 Å². The molecule has 0 N–H and O–H groups in total. The Labute approximate surface area is 174 Å². The lowest BCUT2D eigenvalue weighted by Crippen LogP contribution is -2.00. The Bertz CT molecular complexity index is 1170. The smallest absolute Gasteiger partial charge is 0.165 e. The van der Waals surface area contributed by atoms with Gasteiger partial charge in [-0.1, -0.05) is 72.3 Å². The molecule has 0 saturated carbocycles. The van der Waals surface area contributed by atoms with Crippen LogP contribution >= 0.6 is 11.6 Å². The zero-order valence-electron chi connectivity index (χ0n) is 15.4. The van der Waals surface area contributed by atoms with Crippen molar-refractivity contribution in [1.29, 1.82) is 5.26 Å². The van der Waals surface area contributed by atoms with Gasteiger partial charge in [0.05, 0.1) is 22.9 Å². The molecule has 0 unspecified atom stereocenters. The van der Waals surface area contributed by atoms with Crippen LogP contribution in [0.5, 0.6) is 5.75 Å². The first-order valence-corrected chi connectivity index (χ1v) is 9.42. The van der Waals surface area contributed by atoms with Gasteiger partial charge in [-0.15, -0.1) is 0 Å². The number of hydrogen-bond acceptors (Lipinski definition) is 4. The first-order chi connectivity index (χ1) is 14.2. The fourth-order valence-corrected chi connectivity index (χ4v) is 3.11. The Hall–Kier alpha value is -3.68. The van der Waals surface area contributed by atoms with Gasteiger partial charge in [-0.05, 0) is 23.8 Å². The lowest BCUT2D eigenvalue weighted by molar-refractivity contribution is 0.307. The maximum absolute atomic E-state index is 9.34. The molecule has 4 aromatic rings. The Balaban J connectivity index is 1.75. The van der Waals surface area contributed by atoms with E-state index < -0.39 is 0 Å². The molecule has 0 aliphatic carbocycles. The number of ether oxygens (including phenoxy) is 1. The molecule has 0 spiro atoms. The number of hydrogen-bond donors (Lipinski definition) is 0. The predicted molar refractivity (Wildman–Crippen MR) is 113 cm³/mol. The third-order valence-electron chi connectivity index (χ3n) is 4.35. The lowest BCUT2D eigenvalue weighted by Gasteiger charge is -2.12. The fraction of sp³-hybridized carbons (Fsp3) is 0.0417. The number of nitriles is 1. The highest BCUT2D eigenvalue weighted by atomic mass is 35.5. The van der Waals surface area contributed by atoms with Gasteiger partial charge in [0.1, 0.15) is 17.5 Å². The topological polar surface area (TPSA) is 58.8 Å². The summed E-state index contributed by atoms with van der Waals surface area (Å²) < 4.78 is 6.03. The van der Waals surface area contributed by atoms with Crippen LogP contribution in [0.25, 0.3) is 22.6 Å². The van der Waals surface area contributed by atoms with Crippen LogP contribution in [-0.2, 0) is 6.61 Å². The average molecular weight is 398 g/mol. The van der Waals surface area contributed by atoms with E-state index in [4.69, 9.17) is 16.3 Å². The lowest BCUT2D eigenvalue weighted by atomic mass is 10.1. The fourth-order valence-electron chi connectivity index (χ4n) is 2.93. The van der Waals surface area contributed by atoms with Gasteiger partial charge in [-0.3, -0.25) is 0 Å². The van der Waals surface area contributed by atoms with E-state index in [1.165, 1.54) is 0 Å². The van der Waals surface area contributed by atoms with Crippen LogP contribution in [0.1, 0.15) is 11.1 Å². The summed E-state index contributed by atoms with van der Waals surface area (Å²) in [6.45, 7) is 0.395. The van der Waals surface area contributed by atoms with E-state index in [0.717, 1.165) is 11.1 Å².